The van der Waals surface area contributed by atoms with Crippen LogP contribution in [0.1, 0.15) is 25.3 Å². The van der Waals surface area contributed by atoms with E-state index in [4.69, 9.17) is 16.6 Å². The molecule has 0 aliphatic carbocycles. The molecule has 10 nitrogen and oxygen atoms in total. The van der Waals surface area contributed by atoms with E-state index < -0.39 is 24.0 Å². The van der Waals surface area contributed by atoms with Gasteiger partial charge >= 0.3 is 5.97 Å². The van der Waals surface area contributed by atoms with Crippen molar-refractivity contribution in [3.63, 3.8) is 0 Å². The summed E-state index contributed by atoms with van der Waals surface area (Å²) in [6.45, 7) is 1.63. The topological polar surface area (TPSA) is 180 Å². The van der Waals surface area contributed by atoms with Crippen molar-refractivity contribution in [2.45, 2.75) is 38.3 Å². The van der Waals surface area contributed by atoms with E-state index in [1.54, 1.807) is 12.1 Å². The zero-order chi connectivity index (χ0) is 21.8. The van der Waals surface area contributed by atoms with Gasteiger partial charge in [-0.15, -0.1) is 0 Å². The Morgan fingerprint density at radius 1 is 1.17 bits per heavy atom. The molecule has 0 spiro atoms. The highest BCUT2D eigenvalue weighted by molar-refractivity contribution is 5.87. The number of aliphatic imine (C=N–C) groups is 1. The van der Waals surface area contributed by atoms with Crippen LogP contribution in [0.3, 0.4) is 0 Å². The number of nitrogens with one attached hydrogen (secondary N) is 2. The molecule has 0 aromatic heterocycles. The van der Waals surface area contributed by atoms with Crippen molar-refractivity contribution in [1.82, 2.24) is 10.6 Å². The largest absolute Gasteiger partial charge is 0.508 e. The summed E-state index contributed by atoms with van der Waals surface area (Å²) in [4.78, 5) is 38.9. The third kappa shape index (κ3) is 10.4. The Morgan fingerprint density at radius 3 is 2.38 bits per heavy atom. The molecular weight excluding hydrogens is 378 g/mol. The maximum Gasteiger partial charge on any atom is 0.328 e. The molecule has 2 atom stereocenters. The molecule has 0 fully saturated rings. The van der Waals surface area contributed by atoms with Crippen LogP contribution in [0.4, 0.5) is 0 Å². The summed E-state index contributed by atoms with van der Waals surface area (Å²) >= 11 is 0. The second-order valence-electron chi connectivity index (χ2n) is 6.38. The molecule has 1 aromatic carbocycles. The SMILES string of the molecule is CC(=O)N[C@@H](Cc1ccc(O)cc1)C(=O)N[C@H](/C=C/C(=O)O)CCCN=C(N)N. The van der Waals surface area contributed by atoms with E-state index >= 15 is 0 Å². The highest BCUT2D eigenvalue weighted by Gasteiger charge is 2.22. The van der Waals surface area contributed by atoms with E-state index in [1.165, 1.54) is 25.1 Å². The number of guanidine groups is 1. The predicted molar refractivity (Wildman–Crippen MR) is 108 cm³/mol. The lowest BCUT2D eigenvalue weighted by molar-refractivity contribution is -0.131. The number of carbonyl (C=O) groups excluding carboxylic acids is 2. The van der Waals surface area contributed by atoms with Crippen LogP contribution in [0.2, 0.25) is 0 Å². The summed E-state index contributed by atoms with van der Waals surface area (Å²) in [6.07, 6.45) is 3.42. The van der Waals surface area contributed by atoms with Crippen LogP contribution in [0.15, 0.2) is 41.4 Å². The molecule has 1 aromatic rings. The van der Waals surface area contributed by atoms with Crippen LogP contribution < -0.4 is 22.1 Å². The number of aromatic hydroxyl groups is 1. The molecule has 0 unspecified atom stereocenters. The van der Waals surface area contributed by atoms with E-state index in [2.05, 4.69) is 15.6 Å². The molecule has 0 radical (unpaired) electrons. The molecule has 2 amide bonds. The molecule has 0 heterocycles. The molecule has 158 valence electrons. The van der Waals surface area contributed by atoms with Gasteiger partial charge in [0.05, 0.1) is 0 Å². The van der Waals surface area contributed by atoms with Gasteiger partial charge in [-0.3, -0.25) is 14.6 Å². The van der Waals surface area contributed by atoms with E-state index in [9.17, 15) is 19.5 Å². The van der Waals surface area contributed by atoms with Crippen molar-refractivity contribution < 1.29 is 24.6 Å². The lowest BCUT2D eigenvalue weighted by Gasteiger charge is -2.21. The van der Waals surface area contributed by atoms with E-state index in [1.807, 2.05) is 0 Å². The fourth-order valence-electron chi connectivity index (χ4n) is 2.54. The number of hydrogen-bond acceptors (Lipinski definition) is 5. The van der Waals surface area contributed by atoms with Gasteiger partial charge in [0.2, 0.25) is 11.8 Å². The monoisotopic (exact) mass is 405 g/mol. The normalized spacial score (nSPS) is 12.7. The molecule has 1 rings (SSSR count). The number of benzene rings is 1. The lowest BCUT2D eigenvalue weighted by atomic mass is 10.0. The molecule has 10 heteroatoms. The molecule has 0 aliphatic rings. The Balaban J connectivity index is 2.85. The van der Waals surface area contributed by atoms with Crippen LogP contribution in [-0.2, 0) is 20.8 Å². The Bertz CT molecular complexity index is 757. The van der Waals surface area contributed by atoms with E-state index in [-0.39, 0.29) is 24.0 Å². The van der Waals surface area contributed by atoms with Gasteiger partial charge < -0.3 is 32.3 Å². The standard InChI is InChI=1S/C19H27N5O5/c1-12(25)23-16(11-13-4-7-15(26)8-5-13)18(29)24-14(6-9-17(27)28)3-2-10-22-19(20)21/h4-9,14,16,26H,2-3,10-11H2,1H3,(H,23,25)(H,24,29)(H,27,28)(H4,20,21,22)/b9-6+/t14-,16-/m0/s1. The van der Waals surface area contributed by atoms with Crippen LogP contribution in [-0.4, -0.2) is 52.6 Å². The summed E-state index contributed by atoms with van der Waals surface area (Å²) in [5.41, 5.74) is 11.3. The molecule has 0 saturated carbocycles. The molecule has 29 heavy (non-hydrogen) atoms. The first-order chi connectivity index (χ1) is 13.7. The highest BCUT2D eigenvalue weighted by Crippen LogP contribution is 2.12. The van der Waals surface area contributed by atoms with Crippen molar-refractivity contribution in [3.05, 3.63) is 42.0 Å². The number of hydrogen-bond donors (Lipinski definition) is 6. The van der Waals surface area contributed by atoms with Gasteiger partial charge in [-0.1, -0.05) is 18.2 Å². The number of nitrogens with two attached hydrogens (primary N) is 2. The van der Waals surface area contributed by atoms with Gasteiger partial charge in [0, 0.05) is 32.0 Å². The van der Waals surface area contributed by atoms with Gasteiger partial charge in [0.25, 0.3) is 0 Å². The highest BCUT2D eigenvalue weighted by atomic mass is 16.4. The number of carbonyl (C=O) groups is 3. The number of nitrogens with zero attached hydrogens (tertiary/aromatic N) is 1. The Morgan fingerprint density at radius 2 is 1.83 bits per heavy atom. The molecule has 0 bridgehead atoms. The second kappa shape index (κ2) is 12.0. The van der Waals surface area contributed by atoms with E-state index in [0.29, 0.717) is 19.4 Å². The molecule has 0 aliphatic heterocycles. The molecule has 8 N–H and O–H groups in total. The van der Waals surface area contributed by atoms with Crippen molar-refractivity contribution in [3.8, 4) is 5.75 Å². The van der Waals surface area contributed by atoms with Gasteiger partial charge in [-0.25, -0.2) is 4.79 Å². The number of aliphatic carboxylic acids is 1. The summed E-state index contributed by atoms with van der Waals surface area (Å²) in [6, 6.07) is 4.82. The first kappa shape index (κ1) is 23.5. The second-order valence-corrected chi connectivity index (χ2v) is 6.38. The zero-order valence-electron chi connectivity index (χ0n) is 16.2. The van der Waals surface area contributed by atoms with Crippen molar-refractivity contribution in [1.29, 1.82) is 0 Å². The molecule has 0 saturated heterocycles. The maximum absolute atomic E-state index is 12.7. The third-order valence-corrected chi connectivity index (χ3v) is 3.84. The van der Waals surface area contributed by atoms with Gasteiger partial charge in [0.1, 0.15) is 11.8 Å². The summed E-state index contributed by atoms with van der Waals surface area (Å²) in [7, 11) is 0. The first-order valence-corrected chi connectivity index (χ1v) is 8.99. The third-order valence-electron chi connectivity index (χ3n) is 3.84. The van der Waals surface area contributed by atoms with Crippen LogP contribution in [0.5, 0.6) is 5.75 Å². The average Bonchev–Trinajstić information content (AvgIpc) is 2.63. The van der Waals surface area contributed by atoms with Crippen molar-refractivity contribution >= 4 is 23.7 Å². The number of phenols is 1. The van der Waals surface area contributed by atoms with Crippen LogP contribution in [0, 0.1) is 0 Å². The summed E-state index contributed by atoms with van der Waals surface area (Å²) in [5.74, 6) is -1.94. The predicted octanol–water partition coefficient (Wildman–Crippen LogP) is -0.381. The van der Waals surface area contributed by atoms with E-state index in [0.717, 1.165) is 11.6 Å². The number of phenolic OH excluding ortho intramolecular Hbond substituents is 1. The number of carboxylic acids is 1. The Hall–Kier alpha value is -3.56. The minimum Gasteiger partial charge on any atom is -0.508 e. The van der Waals surface area contributed by atoms with Crippen molar-refractivity contribution in [2.75, 3.05) is 6.54 Å². The zero-order valence-corrected chi connectivity index (χ0v) is 16.2. The van der Waals surface area contributed by atoms with Crippen LogP contribution >= 0.6 is 0 Å². The quantitative estimate of drug-likeness (QED) is 0.126. The number of carboxylic acid groups (broad SMARTS) is 1. The Labute approximate surface area is 168 Å². The number of amides is 2. The smallest absolute Gasteiger partial charge is 0.328 e. The fraction of sp³-hybridized carbons (Fsp3) is 0.368. The minimum absolute atomic E-state index is 0.0497. The number of rotatable bonds is 11. The van der Waals surface area contributed by atoms with Gasteiger partial charge in [0.15, 0.2) is 5.96 Å². The maximum atomic E-state index is 12.7. The molecular formula is C19H27N5O5. The van der Waals surface area contributed by atoms with Crippen LogP contribution in [0.25, 0.3) is 0 Å². The first-order valence-electron chi connectivity index (χ1n) is 8.99. The summed E-state index contributed by atoms with van der Waals surface area (Å²) < 4.78 is 0. The fourth-order valence-corrected chi connectivity index (χ4v) is 2.54. The summed E-state index contributed by atoms with van der Waals surface area (Å²) in [5, 5.41) is 23.6. The Kier molecular flexibility index (Phi) is 9.72. The van der Waals surface area contributed by atoms with Crippen molar-refractivity contribution in [2.24, 2.45) is 16.5 Å². The average molecular weight is 405 g/mol. The van der Waals surface area contributed by atoms with Gasteiger partial charge in [-0.05, 0) is 30.5 Å². The lowest BCUT2D eigenvalue weighted by Crippen LogP contribution is -2.50. The van der Waals surface area contributed by atoms with Gasteiger partial charge in [-0.2, -0.15) is 0 Å². The minimum atomic E-state index is -1.14.